The number of hydrogen-bond acceptors (Lipinski definition) is 7. The van der Waals surface area contributed by atoms with Crippen molar-refractivity contribution in [1.29, 1.82) is 5.26 Å². The molecule has 0 saturated carbocycles. The molecule has 0 spiro atoms. The number of nitrogens with one attached hydrogen (secondary N) is 3. The highest BCUT2D eigenvalue weighted by atomic mass is 16.5. The Morgan fingerprint density at radius 3 is 2.02 bits per heavy atom. The van der Waals surface area contributed by atoms with E-state index in [-0.39, 0.29) is 38.2 Å². The molecule has 0 aliphatic rings. The largest absolute Gasteiger partial charge is 0.461 e. The molecule has 45 heavy (non-hydrogen) atoms. The first-order valence-electron chi connectivity index (χ1n) is 14.2. The van der Waals surface area contributed by atoms with E-state index in [4.69, 9.17) is 14.7 Å². The Labute approximate surface area is 261 Å². The normalized spacial score (nSPS) is 10.9. The van der Waals surface area contributed by atoms with Crippen molar-refractivity contribution < 1.29 is 28.7 Å². The summed E-state index contributed by atoms with van der Waals surface area (Å²) < 4.78 is 10.5. The van der Waals surface area contributed by atoms with E-state index in [9.17, 15) is 19.2 Å². The standard InChI is InChI=1S/C35H32N4O6/c36-22-26-16-14-25(15-17-26)20-31(39-35(43)45-24-28-10-5-2-6-11-28)34(42)38-30-13-7-12-29(21-30)33(41)37-19-18-32(40)44-23-27-8-3-1-4-9-27/h1-17,21,31H,18-20,23-24H2,(H,37,41)(H,38,42)(H,39,43)/t31-/m0/s1. The Morgan fingerprint density at radius 1 is 0.733 bits per heavy atom. The fraction of sp³-hybridized carbons (Fsp3) is 0.171. The van der Waals surface area contributed by atoms with E-state index in [1.807, 2.05) is 66.7 Å². The molecular weight excluding hydrogens is 572 g/mol. The van der Waals surface area contributed by atoms with Crippen LogP contribution in [0.15, 0.2) is 109 Å². The van der Waals surface area contributed by atoms with Crippen molar-refractivity contribution in [3.63, 3.8) is 0 Å². The van der Waals surface area contributed by atoms with Gasteiger partial charge in [0.2, 0.25) is 5.91 Å². The molecule has 3 N–H and O–H groups in total. The van der Waals surface area contributed by atoms with E-state index >= 15 is 0 Å². The molecule has 0 unspecified atom stereocenters. The zero-order valence-corrected chi connectivity index (χ0v) is 24.4. The molecule has 4 aromatic rings. The van der Waals surface area contributed by atoms with Gasteiger partial charge in [0, 0.05) is 24.2 Å². The maximum atomic E-state index is 13.4. The van der Waals surface area contributed by atoms with Crippen molar-refractivity contribution in [3.8, 4) is 6.07 Å². The molecule has 10 nitrogen and oxygen atoms in total. The molecule has 0 aliphatic heterocycles. The number of nitrogens with zero attached hydrogens (tertiary/aromatic N) is 1. The van der Waals surface area contributed by atoms with Crippen molar-refractivity contribution in [2.75, 3.05) is 11.9 Å². The smallest absolute Gasteiger partial charge is 0.408 e. The van der Waals surface area contributed by atoms with E-state index < -0.39 is 29.9 Å². The molecule has 0 radical (unpaired) electrons. The number of hydrogen-bond donors (Lipinski definition) is 3. The van der Waals surface area contributed by atoms with Gasteiger partial charge in [-0.2, -0.15) is 5.26 Å². The molecule has 0 aromatic heterocycles. The highest BCUT2D eigenvalue weighted by Crippen LogP contribution is 2.14. The van der Waals surface area contributed by atoms with Gasteiger partial charge in [-0.25, -0.2) is 4.79 Å². The Kier molecular flexibility index (Phi) is 11.8. The summed E-state index contributed by atoms with van der Waals surface area (Å²) in [6, 6.07) is 32.4. The van der Waals surface area contributed by atoms with Crippen molar-refractivity contribution in [2.45, 2.75) is 32.1 Å². The maximum Gasteiger partial charge on any atom is 0.408 e. The first-order valence-corrected chi connectivity index (χ1v) is 14.2. The molecule has 0 heterocycles. The van der Waals surface area contributed by atoms with Crippen LogP contribution in [0.1, 0.15) is 39.0 Å². The molecule has 4 aromatic carbocycles. The van der Waals surface area contributed by atoms with Gasteiger partial charge in [0.05, 0.1) is 18.1 Å². The number of anilines is 1. The van der Waals surface area contributed by atoms with Crippen molar-refractivity contribution >= 4 is 29.6 Å². The second-order valence-electron chi connectivity index (χ2n) is 9.99. The molecule has 0 saturated heterocycles. The number of benzene rings is 4. The van der Waals surface area contributed by atoms with Gasteiger partial charge in [-0.1, -0.05) is 78.9 Å². The first-order chi connectivity index (χ1) is 21.9. The first kappa shape index (κ1) is 32.0. The summed E-state index contributed by atoms with van der Waals surface area (Å²) >= 11 is 0. The summed E-state index contributed by atoms with van der Waals surface area (Å²) in [5.41, 5.74) is 3.44. The molecule has 3 amide bonds. The average Bonchev–Trinajstić information content (AvgIpc) is 3.07. The predicted molar refractivity (Wildman–Crippen MR) is 167 cm³/mol. The third-order valence-corrected chi connectivity index (χ3v) is 6.59. The fourth-order valence-corrected chi connectivity index (χ4v) is 4.23. The van der Waals surface area contributed by atoms with Gasteiger partial charge in [-0.3, -0.25) is 14.4 Å². The minimum absolute atomic E-state index is 0.00192. The van der Waals surface area contributed by atoms with E-state index in [0.29, 0.717) is 16.8 Å². The topological polar surface area (TPSA) is 147 Å². The van der Waals surface area contributed by atoms with Gasteiger partial charge in [0.15, 0.2) is 0 Å². The minimum atomic E-state index is -1.03. The molecular formula is C35H32N4O6. The zero-order valence-electron chi connectivity index (χ0n) is 24.4. The van der Waals surface area contributed by atoms with Gasteiger partial charge < -0.3 is 25.4 Å². The van der Waals surface area contributed by atoms with Crippen LogP contribution >= 0.6 is 0 Å². The van der Waals surface area contributed by atoms with Crippen LogP contribution in [0.4, 0.5) is 10.5 Å². The number of nitriles is 1. The molecule has 228 valence electrons. The zero-order chi connectivity index (χ0) is 31.9. The van der Waals surface area contributed by atoms with Crippen LogP contribution < -0.4 is 16.0 Å². The number of amides is 3. The Hall–Kier alpha value is -5.95. The number of carbonyl (C=O) groups is 4. The predicted octanol–water partition coefficient (Wildman–Crippen LogP) is 4.90. The minimum Gasteiger partial charge on any atom is -0.461 e. The maximum absolute atomic E-state index is 13.4. The lowest BCUT2D eigenvalue weighted by molar-refractivity contribution is -0.144. The number of rotatable bonds is 13. The van der Waals surface area contributed by atoms with Crippen LogP contribution in [-0.4, -0.2) is 36.5 Å². The summed E-state index contributed by atoms with van der Waals surface area (Å²) in [6.45, 7) is 0.256. The van der Waals surface area contributed by atoms with Crippen LogP contribution in [0.25, 0.3) is 0 Å². The number of ether oxygens (including phenoxy) is 2. The van der Waals surface area contributed by atoms with Crippen molar-refractivity contribution in [2.24, 2.45) is 0 Å². The highest BCUT2D eigenvalue weighted by molar-refractivity contribution is 5.99. The van der Waals surface area contributed by atoms with Gasteiger partial charge >= 0.3 is 12.1 Å². The molecule has 4 rings (SSSR count). The van der Waals surface area contributed by atoms with Crippen LogP contribution in [0.5, 0.6) is 0 Å². The summed E-state index contributed by atoms with van der Waals surface area (Å²) in [7, 11) is 0. The van der Waals surface area contributed by atoms with E-state index in [1.54, 1.807) is 42.5 Å². The number of esters is 1. The molecule has 0 fully saturated rings. The summed E-state index contributed by atoms with van der Waals surface area (Å²) in [6.07, 6.45) is -0.653. The fourth-order valence-electron chi connectivity index (χ4n) is 4.23. The molecule has 1 atom stereocenters. The second kappa shape index (κ2) is 16.6. The van der Waals surface area contributed by atoms with Crippen LogP contribution in [0, 0.1) is 11.3 Å². The highest BCUT2D eigenvalue weighted by Gasteiger charge is 2.23. The lowest BCUT2D eigenvalue weighted by atomic mass is 10.0. The van der Waals surface area contributed by atoms with Crippen LogP contribution in [0.2, 0.25) is 0 Å². The van der Waals surface area contributed by atoms with Gasteiger partial charge in [0.1, 0.15) is 19.3 Å². The van der Waals surface area contributed by atoms with Crippen LogP contribution in [0.3, 0.4) is 0 Å². The Morgan fingerprint density at radius 2 is 1.38 bits per heavy atom. The van der Waals surface area contributed by atoms with Crippen molar-refractivity contribution in [1.82, 2.24) is 10.6 Å². The lowest BCUT2D eigenvalue weighted by Gasteiger charge is -2.19. The molecule has 0 bridgehead atoms. The summed E-state index contributed by atoms with van der Waals surface area (Å²) in [5, 5.41) is 17.1. The second-order valence-corrected chi connectivity index (χ2v) is 9.99. The van der Waals surface area contributed by atoms with Gasteiger partial charge in [-0.15, -0.1) is 0 Å². The lowest BCUT2D eigenvalue weighted by Crippen LogP contribution is -2.45. The monoisotopic (exact) mass is 604 g/mol. The number of carbonyl (C=O) groups excluding carboxylic acids is 4. The van der Waals surface area contributed by atoms with Crippen LogP contribution in [-0.2, 0) is 38.7 Å². The van der Waals surface area contributed by atoms with E-state index in [2.05, 4.69) is 16.0 Å². The third-order valence-electron chi connectivity index (χ3n) is 6.59. The van der Waals surface area contributed by atoms with E-state index in [0.717, 1.165) is 11.1 Å². The average molecular weight is 605 g/mol. The van der Waals surface area contributed by atoms with Crippen molar-refractivity contribution in [3.05, 3.63) is 137 Å². The Bertz CT molecular complexity index is 1640. The summed E-state index contributed by atoms with van der Waals surface area (Å²) in [5.74, 6) is -1.41. The Balaban J connectivity index is 1.33. The summed E-state index contributed by atoms with van der Waals surface area (Å²) in [4.78, 5) is 50.8. The SMILES string of the molecule is N#Cc1ccc(C[C@H](NC(=O)OCc2ccccc2)C(=O)Nc2cccc(C(=O)NCCC(=O)OCc3ccccc3)c2)cc1. The molecule has 10 heteroatoms. The van der Waals surface area contributed by atoms with Gasteiger partial charge in [-0.05, 0) is 47.0 Å². The number of alkyl carbamates (subject to hydrolysis) is 1. The quantitative estimate of drug-likeness (QED) is 0.184. The van der Waals surface area contributed by atoms with Gasteiger partial charge in [0.25, 0.3) is 5.91 Å². The molecule has 0 aliphatic carbocycles. The van der Waals surface area contributed by atoms with E-state index in [1.165, 1.54) is 6.07 Å². The third kappa shape index (κ3) is 10.7.